The maximum absolute atomic E-state index is 13.0. The van der Waals surface area contributed by atoms with Crippen LogP contribution in [0.3, 0.4) is 0 Å². The number of esters is 1. The number of aliphatic hydroxyl groups is 1. The zero-order valence-electron chi connectivity index (χ0n) is 18.7. The number of aromatic nitrogens is 2. The lowest BCUT2D eigenvalue weighted by Gasteiger charge is -2.15. The zero-order valence-corrected chi connectivity index (χ0v) is 18.7. The molecule has 0 spiro atoms. The third-order valence-electron chi connectivity index (χ3n) is 5.65. The van der Waals surface area contributed by atoms with E-state index in [1.54, 1.807) is 35.0 Å². The van der Waals surface area contributed by atoms with E-state index in [-0.39, 0.29) is 30.4 Å². The van der Waals surface area contributed by atoms with Crippen LogP contribution in [0.4, 0.5) is 11.4 Å². The van der Waals surface area contributed by atoms with E-state index in [0.717, 1.165) is 12.8 Å². The first-order chi connectivity index (χ1) is 16.0. The van der Waals surface area contributed by atoms with E-state index in [1.165, 1.54) is 7.11 Å². The van der Waals surface area contributed by atoms with Gasteiger partial charge in [-0.2, -0.15) is 0 Å². The molecular weight excluding hydrogens is 424 g/mol. The van der Waals surface area contributed by atoms with Gasteiger partial charge in [-0.25, -0.2) is 9.78 Å². The molecule has 33 heavy (non-hydrogen) atoms. The fourth-order valence-electron chi connectivity index (χ4n) is 4.01. The molecule has 0 radical (unpaired) electrons. The van der Waals surface area contributed by atoms with Crippen molar-refractivity contribution in [1.29, 1.82) is 0 Å². The van der Waals surface area contributed by atoms with E-state index in [4.69, 9.17) is 9.47 Å². The minimum absolute atomic E-state index is 0.0525. The number of hydrogen-bond acceptors (Lipinski definition) is 7. The highest BCUT2D eigenvalue weighted by atomic mass is 16.5. The average molecular weight is 453 g/mol. The van der Waals surface area contributed by atoms with E-state index in [0.29, 0.717) is 41.1 Å². The number of anilines is 2. The maximum atomic E-state index is 13.0. The molecule has 0 aliphatic carbocycles. The van der Waals surface area contributed by atoms with Gasteiger partial charge < -0.3 is 29.8 Å². The highest BCUT2D eigenvalue weighted by Crippen LogP contribution is 2.34. The summed E-state index contributed by atoms with van der Waals surface area (Å²) < 4.78 is 12.6. The largest absolute Gasteiger partial charge is 0.464 e. The average Bonchev–Trinajstić information content (AvgIpc) is 3.46. The molecule has 3 N–H and O–H groups in total. The van der Waals surface area contributed by atoms with Crippen LogP contribution in [-0.2, 0) is 16.0 Å². The van der Waals surface area contributed by atoms with Gasteiger partial charge in [0.15, 0.2) is 5.69 Å². The maximum Gasteiger partial charge on any atom is 0.356 e. The van der Waals surface area contributed by atoms with E-state index < -0.39 is 5.97 Å². The molecule has 1 amide bonds. The topological polar surface area (TPSA) is 115 Å². The van der Waals surface area contributed by atoms with Crippen LogP contribution in [0.15, 0.2) is 42.6 Å². The molecule has 2 atom stereocenters. The second kappa shape index (κ2) is 10.0. The van der Waals surface area contributed by atoms with Crippen LogP contribution >= 0.6 is 0 Å². The third-order valence-corrected chi connectivity index (χ3v) is 5.65. The first-order valence-electron chi connectivity index (χ1n) is 11.0. The molecule has 9 nitrogen and oxygen atoms in total. The summed E-state index contributed by atoms with van der Waals surface area (Å²) in [6, 6.07) is 10.4. The molecule has 0 bridgehead atoms. The van der Waals surface area contributed by atoms with Crippen LogP contribution in [0.2, 0.25) is 0 Å². The predicted molar refractivity (Wildman–Crippen MR) is 125 cm³/mol. The summed E-state index contributed by atoms with van der Waals surface area (Å²) >= 11 is 0. The van der Waals surface area contributed by atoms with Gasteiger partial charge in [0.05, 0.1) is 43.9 Å². The van der Waals surface area contributed by atoms with Crippen molar-refractivity contribution in [1.82, 2.24) is 9.55 Å². The van der Waals surface area contributed by atoms with Crippen LogP contribution < -0.4 is 10.6 Å². The number of nitrogens with zero attached hydrogens (tertiary/aromatic N) is 2. The predicted octanol–water partition coefficient (Wildman–Crippen LogP) is 3.05. The van der Waals surface area contributed by atoms with Gasteiger partial charge >= 0.3 is 5.97 Å². The van der Waals surface area contributed by atoms with E-state index in [2.05, 4.69) is 15.6 Å². The van der Waals surface area contributed by atoms with E-state index >= 15 is 0 Å². The summed E-state index contributed by atoms with van der Waals surface area (Å²) in [6.45, 7) is 2.87. The lowest BCUT2D eigenvalue weighted by molar-refractivity contribution is 0.0580. The monoisotopic (exact) mass is 452 g/mol. The first kappa shape index (κ1) is 22.8. The smallest absolute Gasteiger partial charge is 0.356 e. The number of ether oxygens (including phenoxy) is 2. The van der Waals surface area contributed by atoms with Gasteiger partial charge in [-0.05, 0) is 38.0 Å². The number of methoxy groups -OCH3 is 1. The third kappa shape index (κ3) is 4.84. The molecule has 1 aliphatic rings. The van der Waals surface area contributed by atoms with Crippen molar-refractivity contribution in [3.8, 4) is 0 Å². The normalized spacial score (nSPS) is 16.5. The van der Waals surface area contributed by atoms with Crippen molar-refractivity contribution in [2.45, 2.75) is 38.5 Å². The Morgan fingerprint density at radius 3 is 2.79 bits per heavy atom. The number of fused-ring (bicyclic) bond motifs is 1. The number of carbonyl (C=O) groups is 2. The molecule has 3 aromatic rings. The summed E-state index contributed by atoms with van der Waals surface area (Å²) in [5.41, 5.74) is 2.20. The number of benzene rings is 1. The van der Waals surface area contributed by atoms with Gasteiger partial charge in [0.25, 0.3) is 5.91 Å². The van der Waals surface area contributed by atoms with Gasteiger partial charge in [-0.15, -0.1) is 0 Å². The number of hydrogen-bond donors (Lipinski definition) is 3. The Kier molecular flexibility index (Phi) is 6.90. The molecule has 3 heterocycles. The van der Waals surface area contributed by atoms with Crippen molar-refractivity contribution in [3.63, 3.8) is 0 Å². The van der Waals surface area contributed by atoms with Crippen LogP contribution in [0, 0.1) is 0 Å². The molecule has 4 rings (SSSR count). The minimum atomic E-state index is -0.576. The van der Waals surface area contributed by atoms with Crippen LogP contribution in [0.1, 0.15) is 40.6 Å². The molecule has 1 fully saturated rings. The van der Waals surface area contributed by atoms with Crippen LogP contribution in [0.5, 0.6) is 0 Å². The van der Waals surface area contributed by atoms with Crippen molar-refractivity contribution in [3.05, 3.63) is 53.9 Å². The van der Waals surface area contributed by atoms with Gasteiger partial charge in [-0.3, -0.25) is 4.79 Å². The molecule has 9 heteroatoms. The van der Waals surface area contributed by atoms with Gasteiger partial charge in [-0.1, -0.05) is 18.2 Å². The molecule has 2 aromatic heterocycles. The molecule has 1 saturated heterocycles. The molecule has 174 valence electrons. The summed E-state index contributed by atoms with van der Waals surface area (Å²) in [5, 5.41) is 16.1. The molecule has 1 aliphatic heterocycles. The Hall–Kier alpha value is -3.43. The Morgan fingerprint density at radius 1 is 1.33 bits per heavy atom. The standard InChI is InChI=1S/C24H28N4O5/c1-15(14-29)26-17-11-19-20(27-23(30)16-7-4-3-5-8-16)21(24(31)32-2)28(22(19)25-12-17)13-18-9-6-10-33-18/h3-5,7-8,11-12,15,18,26,29H,6,9-10,13-14H2,1-2H3,(H,27,30). The van der Waals surface area contributed by atoms with Gasteiger partial charge in [0.2, 0.25) is 0 Å². The van der Waals surface area contributed by atoms with Crippen LogP contribution in [-0.4, -0.2) is 59.0 Å². The SMILES string of the molecule is COC(=O)c1c(NC(=O)c2ccccc2)c2cc(NC(C)CO)cnc2n1CC1CCCO1. The lowest BCUT2D eigenvalue weighted by atomic mass is 10.2. The number of pyridine rings is 1. The van der Waals surface area contributed by atoms with Crippen molar-refractivity contribution in [2.75, 3.05) is 31.0 Å². The summed E-state index contributed by atoms with van der Waals surface area (Å²) in [7, 11) is 1.31. The van der Waals surface area contributed by atoms with Crippen LogP contribution in [0.25, 0.3) is 11.0 Å². The molecule has 1 aromatic carbocycles. The van der Waals surface area contributed by atoms with Crippen molar-refractivity contribution < 1.29 is 24.2 Å². The van der Waals surface area contributed by atoms with Crippen molar-refractivity contribution in [2.24, 2.45) is 0 Å². The number of rotatable bonds is 8. The number of carbonyl (C=O) groups excluding carboxylic acids is 2. The molecule has 0 saturated carbocycles. The fourth-order valence-corrected chi connectivity index (χ4v) is 4.01. The number of nitrogens with one attached hydrogen (secondary N) is 2. The second-order valence-corrected chi connectivity index (χ2v) is 8.10. The van der Waals surface area contributed by atoms with E-state index in [1.807, 2.05) is 19.1 Å². The fraction of sp³-hybridized carbons (Fsp3) is 0.375. The second-order valence-electron chi connectivity index (χ2n) is 8.10. The Bertz CT molecular complexity index is 1140. The zero-order chi connectivity index (χ0) is 23.4. The summed E-state index contributed by atoms with van der Waals surface area (Å²) in [5.74, 6) is -0.924. The lowest BCUT2D eigenvalue weighted by Crippen LogP contribution is -2.21. The highest BCUT2D eigenvalue weighted by molar-refractivity contribution is 6.14. The number of aliphatic hydroxyl groups excluding tert-OH is 1. The molecule has 2 unspecified atom stereocenters. The highest BCUT2D eigenvalue weighted by Gasteiger charge is 2.29. The Balaban J connectivity index is 1.85. The Labute approximate surface area is 191 Å². The van der Waals surface area contributed by atoms with Gasteiger partial charge in [0, 0.05) is 23.6 Å². The van der Waals surface area contributed by atoms with Gasteiger partial charge in [0.1, 0.15) is 5.65 Å². The minimum Gasteiger partial charge on any atom is -0.464 e. The van der Waals surface area contributed by atoms with Crippen molar-refractivity contribution >= 4 is 34.3 Å². The Morgan fingerprint density at radius 2 is 2.12 bits per heavy atom. The summed E-state index contributed by atoms with van der Waals surface area (Å²) in [4.78, 5) is 30.5. The molecular formula is C24H28N4O5. The summed E-state index contributed by atoms with van der Waals surface area (Å²) in [6.07, 6.45) is 3.41. The number of amides is 1. The quantitative estimate of drug-likeness (QED) is 0.450. The first-order valence-corrected chi connectivity index (χ1v) is 11.0. The van der Waals surface area contributed by atoms with E-state index in [9.17, 15) is 14.7 Å².